The van der Waals surface area contributed by atoms with Gasteiger partial charge in [-0.15, -0.1) is 0 Å². The van der Waals surface area contributed by atoms with Crippen LogP contribution >= 0.6 is 0 Å². The molecule has 0 saturated carbocycles. The maximum absolute atomic E-state index is 13.0. The fourth-order valence-corrected chi connectivity index (χ4v) is 2.80. The van der Waals surface area contributed by atoms with Gasteiger partial charge in [0.05, 0.1) is 12.8 Å². The maximum Gasteiger partial charge on any atom is 0.210 e. The minimum Gasteiger partial charge on any atom is -0.497 e. The molecule has 4 nitrogen and oxygen atoms in total. The molecule has 0 aliphatic rings. The predicted octanol–water partition coefficient (Wildman–Crippen LogP) is 3.69. The lowest BCUT2D eigenvalue weighted by Gasteiger charge is -2.13. The number of rotatable bonds is 4. The predicted molar refractivity (Wildman–Crippen MR) is 88.6 cm³/mol. The summed E-state index contributed by atoms with van der Waals surface area (Å²) in [6.07, 6.45) is 1.84. The molecule has 0 aliphatic carbocycles. The van der Waals surface area contributed by atoms with Crippen molar-refractivity contribution in [3.05, 3.63) is 71.0 Å². The van der Waals surface area contributed by atoms with Crippen molar-refractivity contribution >= 4 is 17.1 Å². The Morgan fingerprint density at radius 2 is 1.78 bits per heavy atom. The van der Waals surface area contributed by atoms with E-state index in [1.807, 2.05) is 35.7 Å². The van der Waals surface area contributed by atoms with Crippen molar-refractivity contribution in [2.45, 2.75) is 13.8 Å². The average Bonchev–Trinajstić information content (AvgIpc) is 3.01. The second kappa shape index (κ2) is 5.72. The van der Waals surface area contributed by atoms with Gasteiger partial charge in [-0.1, -0.05) is 0 Å². The topological polar surface area (TPSA) is 47.8 Å². The van der Waals surface area contributed by atoms with Gasteiger partial charge in [0.15, 0.2) is 5.78 Å². The van der Waals surface area contributed by atoms with Gasteiger partial charge in [-0.3, -0.25) is 9.59 Å². The number of methoxy groups -OCH3 is 1. The third kappa shape index (κ3) is 2.52. The fourth-order valence-electron chi connectivity index (χ4n) is 2.80. The van der Waals surface area contributed by atoms with Gasteiger partial charge in [0.2, 0.25) is 5.78 Å². The number of carbonyl (C=O) groups excluding carboxylic acids is 2. The molecular weight excluding hydrogens is 290 g/mol. The number of pyridine rings is 1. The number of ether oxygens (including phenoxy) is 1. The van der Waals surface area contributed by atoms with Crippen molar-refractivity contribution in [1.29, 1.82) is 0 Å². The molecule has 2 aromatic heterocycles. The highest BCUT2D eigenvalue weighted by atomic mass is 16.5. The second-order valence-electron chi connectivity index (χ2n) is 5.45. The van der Waals surface area contributed by atoms with Crippen LogP contribution in [0.15, 0.2) is 48.7 Å². The minimum absolute atomic E-state index is 0.0463. The molecule has 1 aromatic carbocycles. The quantitative estimate of drug-likeness (QED) is 0.691. The molecule has 0 aliphatic heterocycles. The van der Waals surface area contributed by atoms with E-state index in [1.165, 1.54) is 6.92 Å². The van der Waals surface area contributed by atoms with Gasteiger partial charge in [0.1, 0.15) is 5.75 Å². The molecule has 0 radical (unpaired) electrons. The van der Waals surface area contributed by atoms with E-state index in [4.69, 9.17) is 4.74 Å². The van der Waals surface area contributed by atoms with E-state index >= 15 is 0 Å². The molecule has 116 valence electrons. The Kier molecular flexibility index (Phi) is 3.74. The summed E-state index contributed by atoms with van der Waals surface area (Å²) in [6, 6.07) is 12.5. The molecule has 23 heavy (non-hydrogen) atoms. The minimum atomic E-state index is -0.116. The number of aromatic nitrogens is 1. The first-order chi connectivity index (χ1) is 11.0. The summed E-state index contributed by atoms with van der Waals surface area (Å²) in [7, 11) is 1.58. The summed E-state index contributed by atoms with van der Waals surface area (Å²) in [5.41, 5.74) is 3.18. The number of hydrogen-bond acceptors (Lipinski definition) is 3. The van der Waals surface area contributed by atoms with Gasteiger partial charge < -0.3 is 9.14 Å². The molecule has 4 heteroatoms. The number of benzene rings is 1. The molecule has 0 bridgehead atoms. The number of hydrogen-bond donors (Lipinski definition) is 0. The van der Waals surface area contributed by atoms with Gasteiger partial charge in [0.25, 0.3) is 0 Å². The Balaban J connectivity index is 2.20. The van der Waals surface area contributed by atoms with Crippen LogP contribution in [0, 0.1) is 6.92 Å². The highest BCUT2D eigenvalue weighted by molar-refractivity contribution is 6.11. The standard InChI is InChI=1S/C19H17NO3/c1-12-17(13(2)21)11-15-5-4-10-20(15)18(12)19(22)14-6-8-16(23-3)9-7-14/h4-11H,1-3H3. The molecule has 3 aromatic rings. The van der Waals surface area contributed by atoms with Crippen LogP contribution in [0.3, 0.4) is 0 Å². The van der Waals surface area contributed by atoms with E-state index in [1.54, 1.807) is 31.4 Å². The second-order valence-corrected chi connectivity index (χ2v) is 5.45. The summed E-state index contributed by atoms with van der Waals surface area (Å²) in [5, 5.41) is 0. The third-order valence-corrected chi connectivity index (χ3v) is 4.02. The van der Waals surface area contributed by atoms with E-state index in [0.29, 0.717) is 28.1 Å². The molecule has 0 N–H and O–H groups in total. The first-order valence-corrected chi connectivity index (χ1v) is 7.33. The molecule has 0 fully saturated rings. The first kappa shape index (κ1) is 15.0. The zero-order valence-electron chi connectivity index (χ0n) is 13.3. The van der Waals surface area contributed by atoms with E-state index in [2.05, 4.69) is 0 Å². The molecule has 0 spiro atoms. The lowest BCUT2D eigenvalue weighted by atomic mass is 9.98. The van der Waals surface area contributed by atoms with Crippen LogP contribution in [0.4, 0.5) is 0 Å². The van der Waals surface area contributed by atoms with Crippen LogP contribution in [-0.2, 0) is 0 Å². The normalized spacial score (nSPS) is 10.7. The van der Waals surface area contributed by atoms with Crippen molar-refractivity contribution < 1.29 is 14.3 Å². The lowest BCUT2D eigenvalue weighted by molar-refractivity contribution is 0.101. The zero-order chi connectivity index (χ0) is 16.6. The fraction of sp³-hybridized carbons (Fsp3) is 0.158. The van der Waals surface area contributed by atoms with Gasteiger partial charge in [-0.25, -0.2) is 0 Å². The summed E-state index contributed by atoms with van der Waals surface area (Å²) < 4.78 is 6.95. The Labute approximate surface area is 134 Å². The van der Waals surface area contributed by atoms with Gasteiger partial charge >= 0.3 is 0 Å². The summed E-state index contributed by atoms with van der Waals surface area (Å²) in [6.45, 7) is 3.33. The van der Waals surface area contributed by atoms with E-state index in [0.717, 1.165) is 5.52 Å². The average molecular weight is 307 g/mol. The van der Waals surface area contributed by atoms with Crippen LogP contribution in [-0.4, -0.2) is 23.1 Å². The van der Waals surface area contributed by atoms with Crippen molar-refractivity contribution in [3.8, 4) is 5.75 Å². The van der Waals surface area contributed by atoms with Crippen LogP contribution in [0.5, 0.6) is 5.75 Å². The largest absolute Gasteiger partial charge is 0.497 e. The third-order valence-electron chi connectivity index (χ3n) is 4.02. The highest BCUT2D eigenvalue weighted by Gasteiger charge is 2.20. The van der Waals surface area contributed by atoms with Crippen molar-refractivity contribution in [1.82, 2.24) is 4.40 Å². The van der Waals surface area contributed by atoms with Gasteiger partial charge in [-0.05, 0) is 61.9 Å². The number of Topliss-reactive ketones (excluding diaryl/α,β-unsaturated/α-hetero) is 1. The van der Waals surface area contributed by atoms with E-state index < -0.39 is 0 Å². The number of fused-ring (bicyclic) bond motifs is 1. The van der Waals surface area contributed by atoms with Crippen LogP contribution < -0.4 is 4.74 Å². The Morgan fingerprint density at radius 3 is 2.39 bits per heavy atom. The van der Waals surface area contributed by atoms with Gasteiger partial charge in [0, 0.05) is 22.8 Å². The highest BCUT2D eigenvalue weighted by Crippen LogP contribution is 2.23. The number of ketones is 2. The van der Waals surface area contributed by atoms with E-state index in [9.17, 15) is 9.59 Å². The molecule has 0 saturated heterocycles. The van der Waals surface area contributed by atoms with Crippen LogP contribution in [0.2, 0.25) is 0 Å². The first-order valence-electron chi connectivity index (χ1n) is 7.33. The zero-order valence-corrected chi connectivity index (χ0v) is 13.3. The Hall–Kier alpha value is -2.88. The van der Waals surface area contributed by atoms with Gasteiger partial charge in [-0.2, -0.15) is 0 Å². The SMILES string of the molecule is COc1ccc(C(=O)c2c(C)c(C(C)=O)cc3cccn23)cc1. The smallest absolute Gasteiger partial charge is 0.210 e. The molecule has 0 unspecified atom stereocenters. The molecule has 0 amide bonds. The van der Waals surface area contributed by atoms with Crippen molar-refractivity contribution in [3.63, 3.8) is 0 Å². The molecular formula is C19H17NO3. The van der Waals surface area contributed by atoms with Crippen molar-refractivity contribution in [2.75, 3.05) is 7.11 Å². The Bertz CT molecular complexity index is 904. The van der Waals surface area contributed by atoms with Crippen LogP contribution in [0.1, 0.15) is 38.9 Å². The van der Waals surface area contributed by atoms with E-state index in [-0.39, 0.29) is 11.6 Å². The monoisotopic (exact) mass is 307 g/mol. The lowest BCUT2D eigenvalue weighted by Crippen LogP contribution is -2.13. The molecule has 0 atom stereocenters. The maximum atomic E-state index is 13.0. The summed E-state index contributed by atoms with van der Waals surface area (Å²) in [5.74, 6) is 0.534. The van der Waals surface area contributed by atoms with Crippen molar-refractivity contribution in [2.24, 2.45) is 0 Å². The summed E-state index contributed by atoms with van der Waals surface area (Å²) >= 11 is 0. The van der Waals surface area contributed by atoms with Crippen LogP contribution in [0.25, 0.3) is 5.52 Å². The Morgan fingerprint density at radius 1 is 1.09 bits per heavy atom. The number of carbonyl (C=O) groups is 2. The number of nitrogens with zero attached hydrogens (tertiary/aromatic N) is 1. The molecule has 3 rings (SSSR count). The molecule has 2 heterocycles. The summed E-state index contributed by atoms with van der Waals surface area (Å²) in [4.78, 5) is 24.9.